The highest BCUT2D eigenvalue weighted by atomic mass is 16.7. The Morgan fingerprint density at radius 2 is 1.54 bits per heavy atom. The summed E-state index contributed by atoms with van der Waals surface area (Å²) in [6.45, 7) is 6.31. The molecule has 3 saturated heterocycles. The zero-order valence-corrected chi connectivity index (χ0v) is 31.0. The number of aromatic nitrogens is 4. The minimum atomic E-state index is -0.871. The number of aromatic amines is 2. The van der Waals surface area contributed by atoms with E-state index in [0.717, 1.165) is 66.0 Å². The molecule has 5 heterocycles. The Balaban J connectivity index is 0.935. The molecule has 4 N–H and O–H groups in total. The predicted octanol–water partition coefficient (Wildman–Crippen LogP) is 6.92. The second-order valence-corrected chi connectivity index (χ2v) is 15.1. The second-order valence-electron chi connectivity index (χ2n) is 15.1. The van der Waals surface area contributed by atoms with Gasteiger partial charge in [-0.05, 0) is 65.9 Å². The standard InChI is InChI=1S/C42H49N7O5/c1-27(2)37(43)40(50)48-19-6-10-35(48)38-44-23-33(46-38)31-15-11-29(12-16-31)30-13-17-32(18-14-30)34-24-45-39(47-34)36-22-42(53-20-7-21-54-42)26-49(36)41(51)52-25-28-8-4-3-5-9-28/h3-5,8-9,11,13-15,17-18,23-24,27,35-37H,6-7,10,12,16,19-22,25-26,43H2,1-2H3,(H,44,46)(H,45,47). The zero-order valence-electron chi connectivity index (χ0n) is 31.0. The molecule has 12 heteroatoms. The maximum Gasteiger partial charge on any atom is 0.410 e. The molecule has 3 aliphatic heterocycles. The number of rotatable bonds is 9. The summed E-state index contributed by atoms with van der Waals surface area (Å²) in [7, 11) is 0. The van der Waals surface area contributed by atoms with E-state index in [1.54, 1.807) is 4.90 Å². The zero-order chi connectivity index (χ0) is 37.2. The van der Waals surface area contributed by atoms with Crippen molar-refractivity contribution in [3.63, 3.8) is 0 Å². The van der Waals surface area contributed by atoms with Crippen LogP contribution in [0.1, 0.15) is 92.9 Å². The number of H-pyrrole nitrogens is 2. The number of ether oxygens (including phenoxy) is 3. The van der Waals surface area contributed by atoms with E-state index in [1.807, 2.05) is 61.5 Å². The summed E-state index contributed by atoms with van der Waals surface area (Å²) in [5.74, 6) is 0.723. The normalized spacial score (nSPS) is 21.7. The van der Waals surface area contributed by atoms with Gasteiger partial charge in [-0.3, -0.25) is 9.69 Å². The largest absolute Gasteiger partial charge is 0.445 e. The molecule has 4 aromatic rings. The van der Waals surface area contributed by atoms with E-state index in [1.165, 1.54) is 11.1 Å². The number of carbonyl (C=O) groups excluding carboxylic acids is 2. The van der Waals surface area contributed by atoms with E-state index in [-0.39, 0.29) is 37.1 Å². The molecule has 3 unspecified atom stereocenters. The number of carbonyl (C=O) groups is 2. The summed E-state index contributed by atoms with van der Waals surface area (Å²) in [4.78, 5) is 46.5. The van der Waals surface area contributed by atoms with Gasteiger partial charge in [-0.25, -0.2) is 14.8 Å². The van der Waals surface area contributed by atoms with Crippen LogP contribution in [0.15, 0.2) is 79.1 Å². The van der Waals surface area contributed by atoms with Crippen LogP contribution in [0.2, 0.25) is 0 Å². The fourth-order valence-electron chi connectivity index (χ4n) is 7.98. The fourth-order valence-corrected chi connectivity index (χ4v) is 7.98. The van der Waals surface area contributed by atoms with Gasteiger partial charge in [0.05, 0.1) is 61.7 Å². The molecule has 1 spiro atoms. The van der Waals surface area contributed by atoms with Crippen LogP contribution in [0, 0.1) is 5.92 Å². The van der Waals surface area contributed by atoms with Crippen LogP contribution in [-0.4, -0.2) is 79.9 Å². The molecule has 0 bridgehead atoms. The van der Waals surface area contributed by atoms with Crippen molar-refractivity contribution in [2.45, 2.75) is 82.9 Å². The first-order valence-corrected chi connectivity index (χ1v) is 19.2. The van der Waals surface area contributed by atoms with Crippen molar-refractivity contribution in [1.29, 1.82) is 0 Å². The minimum Gasteiger partial charge on any atom is -0.445 e. The number of likely N-dealkylation sites (tertiary alicyclic amines) is 2. The molecule has 0 saturated carbocycles. The van der Waals surface area contributed by atoms with Crippen LogP contribution >= 0.6 is 0 Å². The summed E-state index contributed by atoms with van der Waals surface area (Å²) in [5, 5.41) is 0. The monoisotopic (exact) mass is 731 g/mol. The van der Waals surface area contributed by atoms with Gasteiger partial charge in [0.15, 0.2) is 5.79 Å². The quantitative estimate of drug-likeness (QED) is 0.168. The third-order valence-electron chi connectivity index (χ3n) is 11.2. The van der Waals surface area contributed by atoms with Crippen molar-refractivity contribution in [2.24, 2.45) is 11.7 Å². The minimum absolute atomic E-state index is 0.00359. The Kier molecular flexibility index (Phi) is 10.2. The Bertz CT molecular complexity index is 2010. The number of benzene rings is 2. The lowest BCUT2D eigenvalue weighted by Gasteiger charge is -2.33. The average molecular weight is 732 g/mol. The fraction of sp³-hybridized carbons (Fsp3) is 0.429. The number of amides is 2. The van der Waals surface area contributed by atoms with Gasteiger partial charge in [0.25, 0.3) is 0 Å². The molecular weight excluding hydrogens is 683 g/mol. The van der Waals surface area contributed by atoms with Gasteiger partial charge in [0, 0.05) is 13.0 Å². The highest BCUT2D eigenvalue weighted by Crippen LogP contribution is 2.42. The maximum absolute atomic E-state index is 13.4. The predicted molar refractivity (Wildman–Crippen MR) is 204 cm³/mol. The second kappa shape index (κ2) is 15.4. The van der Waals surface area contributed by atoms with Crippen LogP contribution in [-0.2, 0) is 25.6 Å². The lowest BCUT2D eigenvalue weighted by Crippen LogP contribution is -2.46. The van der Waals surface area contributed by atoms with Gasteiger partial charge < -0.3 is 34.8 Å². The number of imidazole rings is 2. The van der Waals surface area contributed by atoms with Crippen molar-refractivity contribution < 1.29 is 23.8 Å². The Labute approximate surface area is 315 Å². The van der Waals surface area contributed by atoms with Gasteiger partial charge in [0.2, 0.25) is 5.91 Å². The van der Waals surface area contributed by atoms with Crippen molar-refractivity contribution >= 4 is 23.1 Å². The summed E-state index contributed by atoms with van der Waals surface area (Å²) >= 11 is 0. The molecule has 54 heavy (non-hydrogen) atoms. The smallest absolute Gasteiger partial charge is 0.410 e. The van der Waals surface area contributed by atoms with Gasteiger partial charge in [-0.2, -0.15) is 0 Å². The Morgan fingerprint density at radius 3 is 2.26 bits per heavy atom. The highest BCUT2D eigenvalue weighted by molar-refractivity contribution is 5.82. The number of allylic oxidation sites excluding steroid dienone is 4. The van der Waals surface area contributed by atoms with Crippen molar-refractivity contribution in [3.8, 4) is 11.3 Å². The number of nitrogens with zero attached hydrogens (tertiary/aromatic N) is 4. The first kappa shape index (κ1) is 36.0. The summed E-state index contributed by atoms with van der Waals surface area (Å²) in [5.41, 5.74) is 13.6. The van der Waals surface area contributed by atoms with Crippen molar-refractivity contribution in [3.05, 3.63) is 108 Å². The molecule has 2 aromatic carbocycles. The number of nitrogens with one attached hydrogen (secondary N) is 2. The Morgan fingerprint density at radius 1 is 0.870 bits per heavy atom. The van der Waals surface area contributed by atoms with Gasteiger partial charge in [0.1, 0.15) is 18.3 Å². The SMILES string of the molecule is CC(C)C(N)C(=O)N1CCCC1c1ncc(C2=CC=C(c3ccc(-c4cnc(C5CC6(CN5C(=O)OCc5ccccc5)OCCCO6)[nH]4)cc3)CC2)[nH]1. The summed E-state index contributed by atoms with van der Waals surface area (Å²) < 4.78 is 18.0. The third-order valence-corrected chi connectivity index (χ3v) is 11.2. The van der Waals surface area contributed by atoms with E-state index in [9.17, 15) is 9.59 Å². The van der Waals surface area contributed by atoms with E-state index in [2.05, 4.69) is 46.4 Å². The van der Waals surface area contributed by atoms with Crippen LogP contribution in [0.25, 0.3) is 22.4 Å². The molecule has 0 radical (unpaired) electrons. The molecule has 2 amide bonds. The van der Waals surface area contributed by atoms with Crippen LogP contribution < -0.4 is 5.73 Å². The van der Waals surface area contributed by atoms with Crippen LogP contribution in [0.5, 0.6) is 0 Å². The molecule has 4 aliphatic rings. The van der Waals surface area contributed by atoms with E-state index in [4.69, 9.17) is 29.9 Å². The van der Waals surface area contributed by atoms with E-state index >= 15 is 0 Å². The van der Waals surface area contributed by atoms with Gasteiger partial charge in [-0.1, -0.05) is 80.6 Å². The molecule has 3 atom stereocenters. The first-order chi connectivity index (χ1) is 26.3. The van der Waals surface area contributed by atoms with Gasteiger partial charge in [-0.15, -0.1) is 0 Å². The van der Waals surface area contributed by atoms with Crippen molar-refractivity contribution in [1.82, 2.24) is 29.7 Å². The maximum atomic E-state index is 13.4. The molecule has 8 rings (SSSR count). The summed E-state index contributed by atoms with van der Waals surface area (Å²) in [6, 6.07) is 17.2. The molecule has 3 fully saturated rings. The van der Waals surface area contributed by atoms with Crippen LogP contribution in [0.4, 0.5) is 4.79 Å². The molecular formula is C42H49N7O5. The van der Waals surface area contributed by atoms with Crippen LogP contribution in [0.3, 0.4) is 0 Å². The van der Waals surface area contributed by atoms with Gasteiger partial charge >= 0.3 is 6.09 Å². The molecule has 1 aliphatic carbocycles. The topological polar surface area (TPSA) is 152 Å². The number of nitrogens with two attached hydrogens (primary N) is 1. The lowest BCUT2D eigenvalue weighted by atomic mass is 9.91. The van der Waals surface area contributed by atoms with E-state index in [0.29, 0.717) is 32.0 Å². The first-order valence-electron chi connectivity index (χ1n) is 19.2. The van der Waals surface area contributed by atoms with E-state index < -0.39 is 17.9 Å². The summed E-state index contributed by atoms with van der Waals surface area (Å²) in [6.07, 6.45) is 12.5. The highest BCUT2D eigenvalue weighted by Gasteiger charge is 2.51. The van der Waals surface area contributed by atoms with Crippen molar-refractivity contribution in [2.75, 3.05) is 26.3 Å². The molecule has 12 nitrogen and oxygen atoms in total. The Hall–Kier alpha value is -5.04. The number of hydrogen-bond donors (Lipinski definition) is 3. The molecule has 2 aromatic heterocycles. The number of hydrogen-bond acceptors (Lipinski definition) is 8. The lowest BCUT2D eigenvalue weighted by molar-refractivity contribution is -0.257. The average Bonchev–Trinajstić information content (AvgIpc) is 4.04. The molecule has 282 valence electrons. The third kappa shape index (κ3) is 7.38.